The van der Waals surface area contributed by atoms with Crippen LogP contribution in [0.5, 0.6) is 0 Å². The van der Waals surface area contributed by atoms with Gasteiger partial charge in [-0.15, -0.1) is 0 Å². The van der Waals surface area contributed by atoms with E-state index in [1.54, 1.807) is 0 Å². The predicted molar refractivity (Wildman–Crippen MR) is 205 cm³/mol. The maximum atomic E-state index is 6.79. The summed E-state index contributed by atoms with van der Waals surface area (Å²) in [5.41, 5.74) is 13.0. The standard InChI is InChI=1S/C46H29N3O/c1-4-14-30(15-5-1)42-45-43(48-46(47-42)31-16-6-2-7-17-31)39-24-13-23-36(44(39)50-45)34-19-12-18-32(28-34)33-26-27-38-37-22-10-11-25-40(37)49(41(38)29-33)35-20-8-3-9-21-35/h1-29H. The van der Waals surface area contributed by atoms with Crippen LogP contribution >= 0.6 is 0 Å². The molecular weight excluding hydrogens is 611 g/mol. The van der Waals surface area contributed by atoms with Gasteiger partial charge in [0.2, 0.25) is 0 Å². The van der Waals surface area contributed by atoms with E-state index in [9.17, 15) is 0 Å². The molecule has 0 atom stereocenters. The third-order valence-electron chi connectivity index (χ3n) is 9.61. The molecule has 0 saturated carbocycles. The Morgan fingerprint density at radius 2 is 1.02 bits per heavy atom. The van der Waals surface area contributed by atoms with Crippen LogP contribution in [0.2, 0.25) is 0 Å². The van der Waals surface area contributed by atoms with Crippen molar-refractivity contribution < 1.29 is 4.42 Å². The summed E-state index contributed by atoms with van der Waals surface area (Å²) in [5, 5.41) is 3.45. The smallest absolute Gasteiger partial charge is 0.180 e. The van der Waals surface area contributed by atoms with Crippen LogP contribution in [-0.4, -0.2) is 14.5 Å². The van der Waals surface area contributed by atoms with Gasteiger partial charge >= 0.3 is 0 Å². The van der Waals surface area contributed by atoms with Gasteiger partial charge in [0, 0.05) is 38.5 Å². The molecule has 0 aliphatic rings. The van der Waals surface area contributed by atoms with Gasteiger partial charge in [-0.3, -0.25) is 0 Å². The Morgan fingerprint density at radius 1 is 0.400 bits per heavy atom. The summed E-state index contributed by atoms with van der Waals surface area (Å²) in [6.45, 7) is 0. The van der Waals surface area contributed by atoms with Gasteiger partial charge in [0.05, 0.1) is 11.0 Å². The number of hydrogen-bond donors (Lipinski definition) is 0. The van der Waals surface area contributed by atoms with Gasteiger partial charge in [0.15, 0.2) is 11.4 Å². The summed E-state index contributed by atoms with van der Waals surface area (Å²) < 4.78 is 9.15. The number of benzene rings is 7. The molecule has 0 fully saturated rings. The van der Waals surface area contributed by atoms with Crippen LogP contribution in [0.4, 0.5) is 0 Å². The second kappa shape index (κ2) is 11.4. The molecule has 0 unspecified atom stereocenters. The minimum absolute atomic E-state index is 0.676. The van der Waals surface area contributed by atoms with Gasteiger partial charge in [-0.25, -0.2) is 9.97 Å². The molecule has 0 amide bonds. The summed E-state index contributed by atoms with van der Waals surface area (Å²) >= 11 is 0. The molecule has 0 spiro atoms. The highest BCUT2D eigenvalue weighted by Gasteiger charge is 2.20. The molecular formula is C46H29N3O. The van der Waals surface area contributed by atoms with Gasteiger partial charge in [0.25, 0.3) is 0 Å². The van der Waals surface area contributed by atoms with Crippen molar-refractivity contribution in [3.63, 3.8) is 0 Å². The number of rotatable bonds is 5. The lowest BCUT2D eigenvalue weighted by molar-refractivity contribution is 0.668. The highest BCUT2D eigenvalue weighted by molar-refractivity contribution is 6.12. The fraction of sp³-hybridized carbons (Fsp3) is 0. The highest BCUT2D eigenvalue weighted by Crippen LogP contribution is 2.41. The van der Waals surface area contributed by atoms with Crippen molar-refractivity contribution in [3.05, 3.63) is 176 Å². The molecule has 4 heteroatoms. The van der Waals surface area contributed by atoms with Crippen molar-refractivity contribution in [2.75, 3.05) is 0 Å². The molecule has 234 valence electrons. The fourth-order valence-electron chi connectivity index (χ4n) is 7.27. The topological polar surface area (TPSA) is 43.9 Å². The Labute approximate surface area is 288 Å². The first-order valence-electron chi connectivity index (χ1n) is 16.8. The van der Waals surface area contributed by atoms with E-state index in [0.717, 1.165) is 61.2 Å². The number of nitrogens with zero attached hydrogens (tertiary/aromatic N) is 3. The second-order valence-electron chi connectivity index (χ2n) is 12.6. The van der Waals surface area contributed by atoms with Gasteiger partial charge in [-0.05, 0) is 53.1 Å². The molecule has 10 rings (SSSR count). The molecule has 50 heavy (non-hydrogen) atoms. The van der Waals surface area contributed by atoms with Gasteiger partial charge in [-0.1, -0.05) is 140 Å². The Bertz CT molecular complexity index is 2850. The van der Waals surface area contributed by atoms with Crippen LogP contribution in [0.1, 0.15) is 0 Å². The van der Waals surface area contributed by atoms with E-state index in [4.69, 9.17) is 14.4 Å². The lowest BCUT2D eigenvalue weighted by Crippen LogP contribution is -1.93. The second-order valence-corrected chi connectivity index (χ2v) is 12.6. The van der Waals surface area contributed by atoms with E-state index < -0.39 is 0 Å². The number of furan rings is 1. The Kier molecular flexibility index (Phi) is 6.46. The van der Waals surface area contributed by atoms with Crippen molar-refractivity contribution in [1.82, 2.24) is 14.5 Å². The van der Waals surface area contributed by atoms with Crippen LogP contribution < -0.4 is 0 Å². The van der Waals surface area contributed by atoms with Crippen LogP contribution in [0, 0.1) is 0 Å². The third kappa shape index (κ3) is 4.54. The molecule has 0 aliphatic heterocycles. The van der Waals surface area contributed by atoms with Crippen LogP contribution in [-0.2, 0) is 0 Å². The van der Waals surface area contributed by atoms with Gasteiger partial charge in [0.1, 0.15) is 16.8 Å². The Hall–Kier alpha value is -6.78. The molecule has 7 aromatic carbocycles. The number of fused-ring (bicyclic) bond motifs is 6. The van der Waals surface area contributed by atoms with Crippen molar-refractivity contribution >= 4 is 43.9 Å². The van der Waals surface area contributed by atoms with Crippen molar-refractivity contribution in [2.24, 2.45) is 0 Å². The summed E-state index contributed by atoms with van der Waals surface area (Å²) in [5.74, 6) is 0.676. The molecule has 0 saturated heterocycles. The number of hydrogen-bond acceptors (Lipinski definition) is 3. The summed E-state index contributed by atoms with van der Waals surface area (Å²) in [7, 11) is 0. The van der Waals surface area contributed by atoms with Gasteiger partial charge < -0.3 is 8.98 Å². The van der Waals surface area contributed by atoms with Crippen molar-refractivity contribution in [1.29, 1.82) is 0 Å². The first-order valence-corrected chi connectivity index (χ1v) is 16.8. The fourth-order valence-corrected chi connectivity index (χ4v) is 7.27. The minimum Gasteiger partial charge on any atom is -0.451 e. The molecule has 0 radical (unpaired) electrons. The van der Waals surface area contributed by atoms with E-state index >= 15 is 0 Å². The lowest BCUT2D eigenvalue weighted by atomic mass is 9.97. The van der Waals surface area contributed by atoms with Crippen LogP contribution in [0.25, 0.3) is 94.5 Å². The molecule has 3 heterocycles. The predicted octanol–water partition coefficient (Wildman–Crippen LogP) is 12.1. The average molecular weight is 640 g/mol. The quantitative estimate of drug-likeness (QED) is 0.188. The molecule has 0 N–H and O–H groups in total. The zero-order valence-electron chi connectivity index (χ0n) is 27.0. The zero-order chi connectivity index (χ0) is 33.0. The summed E-state index contributed by atoms with van der Waals surface area (Å²) in [4.78, 5) is 10.1. The third-order valence-corrected chi connectivity index (χ3v) is 9.61. The van der Waals surface area contributed by atoms with Crippen molar-refractivity contribution in [3.8, 4) is 50.6 Å². The van der Waals surface area contributed by atoms with E-state index in [1.165, 1.54) is 21.8 Å². The first kappa shape index (κ1) is 28.3. The normalized spacial score (nSPS) is 11.6. The maximum Gasteiger partial charge on any atom is 0.180 e. The van der Waals surface area contributed by atoms with Gasteiger partial charge in [-0.2, -0.15) is 0 Å². The highest BCUT2D eigenvalue weighted by atomic mass is 16.3. The number of para-hydroxylation sites is 3. The molecule has 0 aliphatic carbocycles. The largest absolute Gasteiger partial charge is 0.451 e. The van der Waals surface area contributed by atoms with E-state index in [2.05, 4.69) is 132 Å². The monoisotopic (exact) mass is 639 g/mol. The number of aromatic nitrogens is 3. The van der Waals surface area contributed by atoms with E-state index in [0.29, 0.717) is 11.4 Å². The Morgan fingerprint density at radius 3 is 1.84 bits per heavy atom. The van der Waals surface area contributed by atoms with Crippen LogP contribution in [0.3, 0.4) is 0 Å². The van der Waals surface area contributed by atoms with E-state index in [1.807, 2.05) is 48.5 Å². The van der Waals surface area contributed by atoms with E-state index in [-0.39, 0.29) is 0 Å². The molecule has 4 nitrogen and oxygen atoms in total. The lowest BCUT2D eigenvalue weighted by Gasteiger charge is -2.10. The Balaban J connectivity index is 1.15. The zero-order valence-corrected chi connectivity index (χ0v) is 27.0. The average Bonchev–Trinajstić information content (AvgIpc) is 3.74. The van der Waals surface area contributed by atoms with Crippen molar-refractivity contribution in [2.45, 2.75) is 0 Å². The SMILES string of the molecule is c1ccc(-c2nc(-c3ccccc3)c3oc4c(-c5cccc(-c6ccc7c8ccccc8n(-c8ccccc8)c7c6)c5)cccc4c3n2)cc1. The summed E-state index contributed by atoms with van der Waals surface area (Å²) in [6.07, 6.45) is 0. The minimum atomic E-state index is 0.676. The molecule has 3 aromatic heterocycles. The van der Waals surface area contributed by atoms with Crippen LogP contribution in [0.15, 0.2) is 180 Å². The summed E-state index contributed by atoms with van der Waals surface area (Å²) in [6, 6.07) is 61.5. The first-order chi connectivity index (χ1) is 24.8. The molecule has 0 bridgehead atoms. The molecule has 10 aromatic rings. The maximum absolute atomic E-state index is 6.79.